The van der Waals surface area contributed by atoms with E-state index in [4.69, 9.17) is 4.74 Å². The largest absolute Gasteiger partial charge is 0.375 e. The summed E-state index contributed by atoms with van der Waals surface area (Å²) in [5.74, 6) is -0.202. The summed E-state index contributed by atoms with van der Waals surface area (Å²) in [4.78, 5) is 0. The van der Waals surface area contributed by atoms with Gasteiger partial charge >= 0.3 is 0 Å². The second-order valence-corrected chi connectivity index (χ2v) is 5.58. The zero-order valence-corrected chi connectivity index (χ0v) is 13.3. The highest BCUT2D eigenvalue weighted by atomic mass is 19.1. The Kier molecular flexibility index (Phi) is 5.05. The smallest absolute Gasteiger partial charge is 0.123 e. The number of hydrogen-bond donors (Lipinski definition) is 1. The first-order valence-corrected chi connectivity index (χ1v) is 7.81. The van der Waals surface area contributed by atoms with Gasteiger partial charge in [0.1, 0.15) is 5.82 Å². The summed E-state index contributed by atoms with van der Waals surface area (Å²) >= 11 is 0. The molecule has 0 fully saturated rings. The van der Waals surface area contributed by atoms with Crippen LogP contribution in [0.1, 0.15) is 11.1 Å². The van der Waals surface area contributed by atoms with Crippen molar-refractivity contribution in [2.24, 2.45) is 0 Å². The molecule has 0 aliphatic rings. The van der Waals surface area contributed by atoms with Gasteiger partial charge in [-0.05, 0) is 42.4 Å². The van der Waals surface area contributed by atoms with Crippen LogP contribution in [0.15, 0.2) is 54.7 Å². The van der Waals surface area contributed by atoms with Gasteiger partial charge in [0.25, 0.3) is 0 Å². The van der Waals surface area contributed by atoms with Crippen molar-refractivity contribution < 1.29 is 9.13 Å². The van der Waals surface area contributed by atoms with Crippen LogP contribution in [0.3, 0.4) is 0 Å². The van der Waals surface area contributed by atoms with Gasteiger partial charge in [-0.1, -0.05) is 24.3 Å². The lowest BCUT2D eigenvalue weighted by molar-refractivity contribution is 0.125. The monoisotopic (exact) mass is 312 g/mol. The number of rotatable bonds is 7. The lowest BCUT2D eigenvalue weighted by Crippen LogP contribution is -2.14. The molecule has 0 amide bonds. The van der Waals surface area contributed by atoms with Gasteiger partial charge in [0.15, 0.2) is 0 Å². The van der Waals surface area contributed by atoms with Crippen molar-refractivity contribution in [1.82, 2.24) is 9.88 Å². The number of nitrogens with one attached hydrogen (secondary N) is 1. The average molecular weight is 312 g/mol. The van der Waals surface area contributed by atoms with E-state index in [2.05, 4.69) is 40.3 Å². The minimum atomic E-state index is -0.202. The SMILES string of the molecule is CNCCOCc1cccc2c1ccn2Cc1ccc(F)cc1. The summed E-state index contributed by atoms with van der Waals surface area (Å²) in [6.07, 6.45) is 2.07. The molecule has 0 bridgehead atoms. The number of aromatic nitrogens is 1. The van der Waals surface area contributed by atoms with E-state index in [-0.39, 0.29) is 5.82 Å². The minimum Gasteiger partial charge on any atom is -0.375 e. The molecule has 23 heavy (non-hydrogen) atoms. The Hall–Kier alpha value is -2.17. The van der Waals surface area contributed by atoms with Crippen LogP contribution in [-0.4, -0.2) is 24.8 Å². The highest BCUT2D eigenvalue weighted by Crippen LogP contribution is 2.22. The molecule has 0 saturated heterocycles. The van der Waals surface area contributed by atoms with Gasteiger partial charge in [-0.3, -0.25) is 0 Å². The molecule has 2 aromatic carbocycles. The van der Waals surface area contributed by atoms with Crippen LogP contribution in [0.2, 0.25) is 0 Å². The van der Waals surface area contributed by atoms with Gasteiger partial charge in [-0.2, -0.15) is 0 Å². The van der Waals surface area contributed by atoms with Crippen molar-refractivity contribution in [1.29, 1.82) is 0 Å². The fraction of sp³-hybridized carbons (Fsp3) is 0.263. The maximum atomic E-state index is 13.0. The van der Waals surface area contributed by atoms with Crippen molar-refractivity contribution >= 4 is 10.9 Å². The predicted octanol–water partition coefficient (Wildman–Crippen LogP) is 3.56. The summed E-state index contributed by atoms with van der Waals surface area (Å²) in [7, 11) is 1.92. The molecule has 0 saturated carbocycles. The van der Waals surface area contributed by atoms with Gasteiger partial charge < -0.3 is 14.6 Å². The van der Waals surface area contributed by atoms with Gasteiger partial charge in [0.2, 0.25) is 0 Å². The molecule has 0 radical (unpaired) electrons. The van der Waals surface area contributed by atoms with E-state index in [1.165, 1.54) is 28.6 Å². The van der Waals surface area contributed by atoms with Crippen LogP contribution in [0.25, 0.3) is 10.9 Å². The molecule has 0 spiro atoms. The van der Waals surface area contributed by atoms with Crippen molar-refractivity contribution in [3.8, 4) is 0 Å². The topological polar surface area (TPSA) is 26.2 Å². The average Bonchev–Trinajstić information content (AvgIpc) is 2.98. The lowest BCUT2D eigenvalue weighted by Gasteiger charge is -2.08. The first-order chi connectivity index (χ1) is 11.3. The molecule has 1 heterocycles. The third kappa shape index (κ3) is 3.78. The number of fused-ring (bicyclic) bond motifs is 1. The molecule has 0 aliphatic heterocycles. The quantitative estimate of drug-likeness (QED) is 0.675. The summed E-state index contributed by atoms with van der Waals surface area (Å²) < 4.78 is 20.9. The molecular weight excluding hydrogens is 291 g/mol. The van der Waals surface area contributed by atoms with Crippen LogP contribution in [0.5, 0.6) is 0 Å². The highest BCUT2D eigenvalue weighted by molar-refractivity contribution is 5.83. The first kappa shape index (κ1) is 15.7. The summed E-state index contributed by atoms with van der Waals surface area (Å²) in [5, 5.41) is 4.28. The maximum absolute atomic E-state index is 13.0. The van der Waals surface area contributed by atoms with E-state index in [0.29, 0.717) is 13.2 Å². The lowest BCUT2D eigenvalue weighted by atomic mass is 10.1. The molecule has 4 heteroatoms. The summed E-state index contributed by atoms with van der Waals surface area (Å²) in [6, 6.07) is 15.0. The van der Waals surface area contributed by atoms with E-state index in [9.17, 15) is 4.39 Å². The third-order valence-corrected chi connectivity index (χ3v) is 3.92. The standard InChI is InChI=1S/C19H21FN2O/c1-21-10-12-23-14-16-3-2-4-19-18(16)9-11-22(19)13-15-5-7-17(20)8-6-15/h2-9,11,21H,10,12-14H2,1H3. The van der Waals surface area contributed by atoms with Crippen LogP contribution in [0.4, 0.5) is 4.39 Å². The Morgan fingerprint density at radius 2 is 1.91 bits per heavy atom. The van der Waals surface area contributed by atoms with Gasteiger partial charge in [-0.15, -0.1) is 0 Å². The van der Waals surface area contributed by atoms with E-state index >= 15 is 0 Å². The predicted molar refractivity (Wildman–Crippen MR) is 91.0 cm³/mol. The Morgan fingerprint density at radius 3 is 2.70 bits per heavy atom. The van der Waals surface area contributed by atoms with Crippen LogP contribution in [0, 0.1) is 5.82 Å². The number of likely N-dealkylation sites (N-methyl/N-ethyl adjacent to an activating group) is 1. The Bertz CT molecular complexity index is 765. The molecule has 3 nitrogen and oxygen atoms in total. The Morgan fingerprint density at radius 1 is 1.09 bits per heavy atom. The van der Waals surface area contributed by atoms with Gasteiger partial charge in [0.05, 0.1) is 13.2 Å². The van der Waals surface area contributed by atoms with Crippen LogP contribution in [-0.2, 0) is 17.9 Å². The fourth-order valence-electron chi connectivity index (χ4n) is 2.69. The molecule has 0 unspecified atom stereocenters. The zero-order valence-electron chi connectivity index (χ0n) is 13.3. The van der Waals surface area contributed by atoms with Crippen molar-refractivity contribution in [3.63, 3.8) is 0 Å². The number of ether oxygens (including phenoxy) is 1. The Balaban J connectivity index is 1.79. The second kappa shape index (κ2) is 7.40. The Labute approximate surface area is 135 Å². The molecule has 3 rings (SSSR count). The molecular formula is C19H21FN2O. The first-order valence-electron chi connectivity index (χ1n) is 7.81. The molecule has 0 aliphatic carbocycles. The zero-order chi connectivity index (χ0) is 16.1. The molecule has 3 aromatic rings. The van der Waals surface area contributed by atoms with Crippen LogP contribution < -0.4 is 5.32 Å². The highest BCUT2D eigenvalue weighted by Gasteiger charge is 2.06. The second-order valence-electron chi connectivity index (χ2n) is 5.58. The normalized spacial score (nSPS) is 11.2. The van der Waals surface area contributed by atoms with E-state index in [0.717, 1.165) is 18.7 Å². The maximum Gasteiger partial charge on any atom is 0.123 e. The third-order valence-electron chi connectivity index (χ3n) is 3.92. The summed E-state index contributed by atoms with van der Waals surface area (Å²) in [5.41, 5.74) is 3.44. The number of halogens is 1. The molecule has 1 aromatic heterocycles. The van der Waals surface area contributed by atoms with Crippen molar-refractivity contribution in [2.45, 2.75) is 13.2 Å². The fourth-order valence-corrected chi connectivity index (χ4v) is 2.69. The number of nitrogens with zero attached hydrogens (tertiary/aromatic N) is 1. The van der Waals surface area contributed by atoms with Crippen LogP contribution >= 0.6 is 0 Å². The van der Waals surface area contributed by atoms with E-state index < -0.39 is 0 Å². The number of benzene rings is 2. The number of hydrogen-bond acceptors (Lipinski definition) is 2. The molecule has 1 N–H and O–H groups in total. The molecule has 0 atom stereocenters. The van der Waals surface area contributed by atoms with Crippen molar-refractivity contribution in [2.75, 3.05) is 20.2 Å². The van der Waals surface area contributed by atoms with E-state index in [1.807, 2.05) is 19.2 Å². The minimum absolute atomic E-state index is 0.202. The van der Waals surface area contributed by atoms with Crippen molar-refractivity contribution in [3.05, 3.63) is 71.7 Å². The van der Waals surface area contributed by atoms with E-state index in [1.54, 1.807) is 0 Å². The van der Waals surface area contributed by atoms with Gasteiger partial charge in [0, 0.05) is 30.2 Å². The molecule has 120 valence electrons. The summed E-state index contributed by atoms with van der Waals surface area (Å²) in [6.45, 7) is 2.89. The van der Waals surface area contributed by atoms with Gasteiger partial charge in [-0.25, -0.2) is 4.39 Å².